The minimum Gasteiger partial charge on any atom is -0.474 e. The first-order chi connectivity index (χ1) is 9.66. The Balaban J connectivity index is 2.13. The predicted octanol–water partition coefficient (Wildman–Crippen LogP) is 3.75. The van der Waals surface area contributed by atoms with Gasteiger partial charge in [0.2, 0.25) is 6.10 Å². The zero-order valence-corrected chi connectivity index (χ0v) is 10.9. The lowest BCUT2D eigenvalue weighted by molar-refractivity contribution is -0.434. The first kappa shape index (κ1) is 12.4. The van der Waals surface area contributed by atoms with Crippen LogP contribution in [0.25, 0.3) is 6.08 Å². The number of aryl methyl sites for hydroxylation is 1. The second-order valence-electron chi connectivity index (χ2n) is 4.72. The van der Waals surface area contributed by atoms with E-state index in [0.717, 1.165) is 16.7 Å². The quantitative estimate of drug-likeness (QED) is 0.615. The van der Waals surface area contributed by atoms with E-state index in [1.807, 2.05) is 55.5 Å². The van der Waals surface area contributed by atoms with Gasteiger partial charge in [0.05, 0.1) is 4.92 Å². The summed E-state index contributed by atoms with van der Waals surface area (Å²) in [5.41, 5.74) is 2.61. The van der Waals surface area contributed by atoms with Crippen LogP contribution in [0.15, 0.2) is 54.2 Å². The summed E-state index contributed by atoms with van der Waals surface area (Å²) in [5, 5.41) is 11.3. The number of ether oxygens (including phenoxy) is 1. The smallest absolute Gasteiger partial charge is 0.291 e. The number of para-hydroxylation sites is 1. The van der Waals surface area contributed by atoms with E-state index in [4.69, 9.17) is 4.74 Å². The van der Waals surface area contributed by atoms with Gasteiger partial charge in [0, 0.05) is 17.2 Å². The average Bonchev–Trinajstić information content (AvgIpc) is 2.46. The van der Waals surface area contributed by atoms with Crippen LogP contribution in [0.5, 0.6) is 5.75 Å². The van der Waals surface area contributed by atoms with Crippen molar-refractivity contribution in [3.05, 3.63) is 81.0 Å². The third-order valence-corrected chi connectivity index (χ3v) is 3.42. The molecule has 0 amide bonds. The average molecular weight is 267 g/mol. The Kier molecular flexibility index (Phi) is 2.99. The van der Waals surface area contributed by atoms with Gasteiger partial charge in [0.15, 0.2) is 0 Å². The van der Waals surface area contributed by atoms with Crippen LogP contribution in [-0.2, 0) is 0 Å². The van der Waals surface area contributed by atoms with Crippen molar-refractivity contribution in [2.45, 2.75) is 13.0 Å². The minimum absolute atomic E-state index is 0.0676. The second-order valence-corrected chi connectivity index (χ2v) is 4.72. The summed E-state index contributed by atoms with van der Waals surface area (Å²) in [5.74, 6) is 0.673. The molecule has 3 rings (SSSR count). The molecule has 0 radical (unpaired) electrons. The van der Waals surface area contributed by atoms with E-state index < -0.39 is 6.10 Å². The summed E-state index contributed by atoms with van der Waals surface area (Å²) in [6, 6.07) is 14.9. The minimum atomic E-state index is -0.666. The number of hydrogen-bond acceptors (Lipinski definition) is 3. The van der Waals surface area contributed by atoms with Crippen LogP contribution in [0.1, 0.15) is 22.8 Å². The largest absolute Gasteiger partial charge is 0.474 e. The fourth-order valence-electron chi connectivity index (χ4n) is 2.38. The number of nitrogens with zero attached hydrogens (tertiary/aromatic N) is 1. The van der Waals surface area contributed by atoms with E-state index in [2.05, 4.69) is 0 Å². The molecule has 0 saturated carbocycles. The zero-order chi connectivity index (χ0) is 14.1. The molecule has 0 spiro atoms. The summed E-state index contributed by atoms with van der Waals surface area (Å²) in [6.07, 6.45) is 0.928. The van der Waals surface area contributed by atoms with Gasteiger partial charge >= 0.3 is 0 Å². The van der Waals surface area contributed by atoms with E-state index in [1.54, 1.807) is 6.08 Å². The van der Waals surface area contributed by atoms with Crippen LogP contribution in [0.3, 0.4) is 0 Å². The molecule has 0 unspecified atom stereocenters. The Morgan fingerprint density at radius 2 is 1.80 bits per heavy atom. The molecule has 0 N–H and O–H groups in total. The van der Waals surface area contributed by atoms with Crippen molar-refractivity contribution in [3.63, 3.8) is 0 Å². The van der Waals surface area contributed by atoms with Gasteiger partial charge in [-0.15, -0.1) is 0 Å². The molecular formula is C16H13NO3. The highest BCUT2D eigenvalue weighted by Gasteiger charge is 2.33. The number of fused-ring (bicyclic) bond motifs is 1. The van der Waals surface area contributed by atoms with Crippen molar-refractivity contribution in [2.24, 2.45) is 0 Å². The fourth-order valence-corrected chi connectivity index (χ4v) is 2.38. The molecule has 2 aromatic rings. The van der Waals surface area contributed by atoms with Crippen LogP contribution in [0, 0.1) is 17.0 Å². The highest BCUT2D eigenvalue weighted by molar-refractivity contribution is 5.62. The molecule has 0 fully saturated rings. The normalized spacial score (nSPS) is 16.9. The lowest BCUT2D eigenvalue weighted by Crippen LogP contribution is -2.20. The molecule has 20 heavy (non-hydrogen) atoms. The molecule has 2 aromatic carbocycles. The SMILES string of the molecule is Cc1ccccc1[C@H]1Oc2ccccc2C=C1[N+](=O)[O-]. The molecule has 1 heterocycles. The van der Waals surface area contributed by atoms with Crippen LogP contribution in [-0.4, -0.2) is 4.92 Å². The van der Waals surface area contributed by atoms with Crippen molar-refractivity contribution in [1.82, 2.24) is 0 Å². The molecule has 4 nitrogen and oxygen atoms in total. The van der Waals surface area contributed by atoms with E-state index >= 15 is 0 Å². The molecule has 1 aliphatic heterocycles. The van der Waals surface area contributed by atoms with Gasteiger partial charge < -0.3 is 4.74 Å². The van der Waals surface area contributed by atoms with Gasteiger partial charge in [-0.25, -0.2) is 0 Å². The van der Waals surface area contributed by atoms with Crippen LogP contribution in [0.2, 0.25) is 0 Å². The lowest BCUT2D eigenvalue weighted by Gasteiger charge is -2.23. The van der Waals surface area contributed by atoms with Crippen molar-refractivity contribution in [3.8, 4) is 5.75 Å². The topological polar surface area (TPSA) is 52.4 Å². The maximum absolute atomic E-state index is 11.3. The van der Waals surface area contributed by atoms with Crippen LogP contribution >= 0.6 is 0 Å². The summed E-state index contributed by atoms with van der Waals surface area (Å²) < 4.78 is 5.86. The van der Waals surface area contributed by atoms with Gasteiger partial charge in [-0.1, -0.05) is 42.5 Å². The van der Waals surface area contributed by atoms with Crippen LogP contribution < -0.4 is 4.74 Å². The zero-order valence-electron chi connectivity index (χ0n) is 10.9. The highest BCUT2D eigenvalue weighted by atomic mass is 16.6. The third kappa shape index (κ3) is 2.05. The standard InChI is InChI=1S/C16H13NO3/c1-11-6-2-4-8-13(11)16-14(17(18)19)10-12-7-3-5-9-15(12)20-16/h2-10,16H,1H3/t16-/m1/s1. The molecule has 0 bridgehead atoms. The maximum atomic E-state index is 11.3. The summed E-state index contributed by atoms with van der Waals surface area (Å²) in [7, 11) is 0. The van der Waals surface area contributed by atoms with E-state index in [9.17, 15) is 10.1 Å². The first-order valence-corrected chi connectivity index (χ1v) is 6.34. The summed E-state index contributed by atoms with van der Waals surface area (Å²) in [6.45, 7) is 1.93. The second kappa shape index (κ2) is 4.81. The Morgan fingerprint density at radius 1 is 1.10 bits per heavy atom. The van der Waals surface area contributed by atoms with E-state index in [1.165, 1.54) is 0 Å². The Bertz CT molecular complexity index is 706. The molecule has 1 atom stereocenters. The van der Waals surface area contributed by atoms with Crippen molar-refractivity contribution < 1.29 is 9.66 Å². The van der Waals surface area contributed by atoms with Gasteiger partial charge in [0.25, 0.3) is 5.70 Å². The molecule has 4 heteroatoms. The monoisotopic (exact) mass is 267 g/mol. The Hall–Kier alpha value is -2.62. The van der Waals surface area contributed by atoms with Crippen molar-refractivity contribution >= 4 is 6.08 Å². The van der Waals surface area contributed by atoms with E-state index in [-0.39, 0.29) is 10.6 Å². The molecule has 0 saturated heterocycles. The Labute approximate surface area is 116 Å². The number of hydrogen-bond donors (Lipinski definition) is 0. The number of rotatable bonds is 2. The predicted molar refractivity (Wildman–Crippen MR) is 76.0 cm³/mol. The molecule has 1 aliphatic rings. The molecular weight excluding hydrogens is 254 g/mol. The summed E-state index contributed by atoms with van der Waals surface area (Å²) in [4.78, 5) is 10.9. The van der Waals surface area contributed by atoms with Crippen LogP contribution in [0.4, 0.5) is 0 Å². The van der Waals surface area contributed by atoms with Gasteiger partial charge in [-0.2, -0.15) is 0 Å². The number of benzene rings is 2. The lowest BCUT2D eigenvalue weighted by atomic mass is 9.97. The molecule has 100 valence electrons. The van der Waals surface area contributed by atoms with Gasteiger partial charge in [-0.3, -0.25) is 10.1 Å². The van der Waals surface area contributed by atoms with Gasteiger partial charge in [0.1, 0.15) is 5.75 Å². The highest BCUT2D eigenvalue weighted by Crippen LogP contribution is 2.38. The maximum Gasteiger partial charge on any atom is 0.291 e. The van der Waals surface area contributed by atoms with Crippen molar-refractivity contribution in [2.75, 3.05) is 0 Å². The fraction of sp³-hybridized carbons (Fsp3) is 0.125. The van der Waals surface area contributed by atoms with Gasteiger partial charge in [-0.05, 0) is 18.6 Å². The molecule has 0 aromatic heterocycles. The molecule has 0 aliphatic carbocycles. The van der Waals surface area contributed by atoms with Crippen molar-refractivity contribution in [1.29, 1.82) is 0 Å². The third-order valence-electron chi connectivity index (χ3n) is 3.42. The van der Waals surface area contributed by atoms with E-state index in [0.29, 0.717) is 5.75 Å². The number of nitro groups is 1. The summed E-state index contributed by atoms with van der Waals surface area (Å²) >= 11 is 0. The first-order valence-electron chi connectivity index (χ1n) is 6.34. The Morgan fingerprint density at radius 3 is 2.55 bits per heavy atom.